The number of rotatable bonds is 8. The highest BCUT2D eigenvalue weighted by atomic mass is 16.6. The van der Waals surface area contributed by atoms with Gasteiger partial charge in [0.05, 0.1) is 29.5 Å². The number of aliphatic hydroxyl groups is 1. The Balaban J connectivity index is 2.15. The molecule has 9 nitrogen and oxygen atoms in total. The lowest BCUT2D eigenvalue weighted by molar-refractivity contribution is -0.383. The van der Waals surface area contributed by atoms with E-state index in [1.54, 1.807) is 10.9 Å². The summed E-state index contributed by atoms with van der Waals surface area (Å²) < 4.78 is 1.56. The van der Waals surface area contributed by atoms with E-state index < -0.39 is 11.0 Å². The molecule has 9 heteroatoms. The zero-order chi connectivity index (χ0) is 18.6. The first-order valence-corrected chi connectivity index (χ1v) is 7.68. The molecule has 1 atom stereocenters. The molecule has 0 saturated heterocycles. The number of anilines is 2. The molecular formula is C16H21N5O4. The second kappa shape index (κ2) is 7.86. The number of benzene rings is 1. The Labute approximate surface area is 145 Å². The van der Waals surface area contributed by atoms with E-state index in [4.69, 9.17) is 0 Å². The monoisotopic (exact) mass is 347 g/mol. The molecule has 25 heavy (non-hydrogen) atoms. The van der Waals surface area contributed by atoms with E-state index in [1.165, 1.54) is 31.3 Å². The summed E-state index contributed by atoms with van der Waals surface area (Å²) in [4.78, 5) is 24.0. The highest BCUT2D eigenvalue weighted by Gasteiger charge is 2.17. The summed E-state index contributed by atoms with van der Waals surface area (Å²) in [6.07, 6.45) is 2.60. The minimum Gasteiger partial charge on any atom is -0.390 e. The van der Waals surface area contributed by atoms with Gasteiger partial charge in [-0.15, -0.1) is 0 Å². The Hall–Kier alpha value is -2.78. The number of aliphatic hydroxyl groups excluding tert-OH is 1. The van der Waals surface area contributed by atoms with Crippen molar-refractivity contribution in [1.82, 2.24) is 14.7 Å². The third-order valence-corrected chi connectivity index (χ3v) is 3.49. The molecule has 0 fully saturated rings. The molecular weight excluding hydrogens is 326 g/mol. The lowest BCUT2D eigenvalue weighted by atomic mass is 10.1. The lowest BCUT2D eigenvalue weighted by Gasteiger charge is -2.15. The molecule has 0 amide bonds. The quantitative estimate of drug-likeness (QED) is 0.424. The second-order valence-corrected chi connectivity index (χ2v) is 6.04. The number of nitrogens with one attached hydrogen (secondary N) is 1. The van der Waals surface area contributed by atoms with Gasteiger partial charge in [0.1, 0.15) is 5.69 Å². The number of likely N-dealkylation sites (N-methyl/N-ethyl adjacent to an activating group) is 1. The maximum absolute atomic E-state index is 11.4. The predicted octanol–water partition coefficient (Wildman–Crippen LogP) is 1.66. The molecule has 0 unspecified atom stereocenters. The normalized spacial score (nSPS) is 12.2. The minimum atomic E-state index is -0.577. The van der Waals surface area contributed by atoms with E-state index in [0.717, 1.165) is 0 Å². The van der Waals surface area contributed by atoms with Gasteiger partial charge < -0.3 is 15.3 Å². The third-order valence-electron chi connectivity index (χ3n) is 3.49. The number of Topliss-reactive ketones (excluding diaryl/α,β-unsaturated/α-hetero) is 1. The smallest absolute Gasteiger partial charge is 0.293 e. The fraction of sp³-hybridized carbons (Fsp3) is 0.375. The Bertz CT molecular complexity index is 772. The van der Waals surface area contributed by atoms with E-state index in [9.17, 15) is 20.0 Å². The number of nitrogens with zero attached hydrogens (tertiary/aromatic N) is 4. The number of ketones is 1. The van der Waals surface area contributed by atoms with Crippen molar-refractivity contribution in [2.75, 3.05) is 26.0 Å². The molecule has 0 saturated carbocycles. The van der Waals surface area contributed by atoms with Crippen LogP contribution in [0.3, 0.4) is 0 Å². The minimum absolute atomic E-state index is 0.187. The standard InChI is InChI=1S/C16H21N5O4/c1-11(22)12-4-5-15(16(6-12)21(24)25)18-13-7-17-20(8-13)10-14(23)9-19(2)3/h4-8,14,18,23H,9-10H2,1-3H3/t14-/m1/s1. The molecule has 1 heterocycles. The van der Waals surface area contributed by atoms with E-state index in [2.05, 4.69) is 10.4 Å². The van der Waals surface area contributed by atoms with Gasteiger partial charge in [0.2, 0.25) is 0 Å². The molecule has 0 aliphatic heterocycles. The van der Waals surface area contributed by atoms with Gasteiger partial charge >= 0.3 is 0 Å². The van der Waals surface area contributed by atoms with Gasteiger partial charge in [0, 0.05) is 24.4 Å². The molecule has 1 aromatic carbocycles. The Morgan fingerprint density at radius 2 is 2.20 bits per heavy atom. The average molecular weight is 347 g/mol. The maximum Gasteiger partial charge on any atom is 0.293 e. The molecule has 0 aliphatic rings. The average Bonchev–Trinajstić information content (AvgIpc) is 2.93. The van der Waals surface area contributed by atoms with E-state index in [-0.39, 0.29) is 22.7 Å². The zero-order valence-corrected chi connectivity index (χ0v) is 14.3. The molecule has 0 aliphatic carbocycles. The third kappa shape index (κ3) is 5.10. The number of nitro groups is 1. The van der Waals surface area contributed by atoms with Gasteiger partial charge in [0.25, 0.3) is 5.69 Å². The first kappa shape index (κ1) is 18.6. The summed E-state index contributed by atoms with van der Waals surface area (Å²) in [6.45, 7) is 2.17. The molecule has 134 valence electrons. The van der Waals surface area contributed by atoms with E-state index in [1.807, 2.05) is 19.0 Å². The molecule has 2 aromatic rings. The molecule has 1 aromatic heterocycles. The molecule has 0 bridgehead atoms. The summed E-state index contributed by atoms with van der Waals surface area (Å²) in [7, 11) is 3.73. The van der Waals surface area contributed by atoms with Gasteiger partial charge in [-0.2, -0.15) is 5.10 Å². The first-order valence-electron chi connectivity index (χ1n) is 7.68. The van der Waals surface area contributed by atoms with Crippen molar-refractivity contribution in [2.45, 2.75) is 19.6 Å². The summed E-state index contributed by atoms with van der Waals surface area (Å²) >= 11 is 0. The zero-order valence-electron chi connectivity index (χ0n) is 14.3. The topological polar surface area (TPSA) is 114 Å². The van der Waals surface area contributed by atoms with Crippen molar-refractivity contribution in [3.05, 3.63) is 46.3 Å². The van der Waals surface area contributed by atoms with Crippen LogP contribution in [0.15, 0.2) is 30.6 Å². The van der Waals surface area contributed by atoms with E-state index >= 15 is 0 Å². The van der Waals surface area contributed by atoms with Crippen LogP contribution in [0.1, 0.15) is 17.3 Å². The molecule has 2 rings (SSSR count). The number of nitro benzene ring substituents is 1. The van der Waals surface area contributed by atoms with Crippen LogP contribution in [-0.4, -0.2) is 57.2 Å². The fourth-order valence-corrected chi connectivity index (χ4v) is 2.39. The van der Waals surface area contributed by atoms with Crippen LogP contribution in [0, 0.1) is 10.1 Å². The van der Waals surface area contributed by atoms with Gasteiger partial charge in [-0.05, 0) is 33.2 Å². The van der Waals surface area contributed by atoms with Crippen LogP contribution >= 0.6 is 0 Å². The number of hydrogen-bond acceptors (Lipinski definition) is 7. The van der Waals surface area contributed by atoms with Crippen molar-refractivity contribution >= 4 is 22.8 Å². The van der Waals surface area contributed by atoms with Crippen molar-refractivity contribution in [1.29, 1.82) is 0 Å². The SMILES string of the molecule is CC(=O)c1ccc(Nc2cnn(C[C@H](O)CN(C)C)c2)c([N+](=O)[O-])c1. The van der Waals surface area contributed by atoms with Crippen LogP contribution < -0.4 is 5.32 Å². The number of carbonyl (C=O) groups is 1. The Kier molecular flexibility index (Phi) is 5.84. The molecule has 0 radical (unpaired) electrons. The van der Waals surface area contributed by atoms with Crippen LogP contribution in [-0.2, 0) is 6.54 Å². The fourth-order valence-electron chi connectivity index (χ4n) is 2.39. The van der Waals surface area contributed by atoms with Gasteiger partial charge in [-0.25, -0.2) is 0 Å². The van der Waals surface area contributed by atoms with Crippen LogP contribution in [0.25, 0.3) is 0 Å². The number of hydrogen-bond donors (Lipinski definition) is 2. The van der Waals surface area contributed by atoms with E-state index in [0.29, 0.717) is 18.8 Å². The summed E-state index contributed by atoms with van der Waals surface area (Å²) in [5.74, 6) is -0.239. The summed E-state index contributed by atoms with van der Waals surface area (Å²) in [6, 6.07) is 4.27. The van der Waals surface area contributed by atoms with Crippen molar-refractivity contribution in [3.63, 3.8) is 0 Å². The van der Waals surface area contributed by atoms with Gasteiger partial charge in [-0.3, -0.25) is 19.6 Å². The first-order chi connectivity index (χ1) is 11.8. The van der Waals surface area contributed by atoms with Crippen molar-refractivity contribution in [2.24, 2.45) is 0 Å². The largest absolute Gasteiger partial charge is 0.390 e. The highest BCUT2D eigenvalue weighted by molar-refractivity contribution is 5.95. The summed E-state index contributed by atoms with van der Waals surface area (Å²) in [5.41, 5.74) is 0.909. The van der Waals surface area contributed by atoms with Crippen molar-refractivity contribution in [3.8, 4) is 0 Å². The predicted molar refractivity (Wildman–Crippen MR) is 93.2 cm³/mol. The Morgan fingerprint density at radius 3 is 2.80 bits per heavy atom. The van der Waals surface area contributed by atoms with Crippen LogP contribution in [0.5, 0.6) is 0 Å². The second-order valence-electron chi connectivity index (χ2n) is 6.04. The number of carbonyl (C=O) groups excluding carboxylic acids is 1. The maximum atomic E-state index is 11.4. The number of aromatic nitrogens is 2. The molecule has 0 spiro atoms. The van der Waals surface area contributed by atoms with Crippen LogP contribution in [0.4, 0.5) is 17.1 Å². The van der Waals surface area contributed by atoms with Gasteiger partial charge in [0.15, 0.2) is 5.78 Å². The van der Waals surface area contributed by atoms with Crippen molar-refractivity contribution < 1.29 is 14.8 Å². The Morgan fingerprint density at radius 1 is 1.48 bits per heavy atom. The highest BCUT2D eigenvalue weighted by Crippen LogP contribution is 2.28. The molecule has 2 N–H and O–H groups in total. The lowest BCUT2D eigenvalue weighted by Crippen LogP contribution is -2.29. The van der Waals surface area contributed by atoms with Crippen LogP contribution in [0.2, 0.25) is 0 Å². The van der Waals surface area contributed by atoms with Gasteiger partial charge in [-0.1, -0.05) is 0 Å². The summed E-state index contributed by atoms with van der Waals surface area (Å²) in [5, 5.41) is 28.2.